The molecule has 17 heavy (non-hydrogen) atoms. The van der Waals surface area contributed by atoms with Crippen LogP contribution in [0.1, 0.15) is 0 Å². The molecule has 1 amide bonds. The van der Waals surface area contributed by atoms with Gasteiger partial charge in [0, 0.05) is 13.7 Å². The molecule has 0 rings (SSSR count). The lowest BCUT2D eigenvalue weighted by atomic mass is 10.1. The van der Waals surface area contributed by atoms with Gasteiger partial charge in [-0.15, -0.1) is 0 Å². The minimum absolute atomic E-state index is 0.623. The summed E-state index contributed by atoms with van der Waals surface area (Å²) < 4.78 is 39.9. The van der Waals surface area contributed by atoms with Gasteiger partial charge in [0.2, 0.25) is 0 Å². The van der Waals surface area contributed by atoms with Crippen molar-refractivity contribution in [3.8, 4) is 0 Å². The van der Waals surface area contributed by atoms with Crippen LogP contribution in [0.5, 0.6) is 0 Å². The maximum atomic E-state index is 11.8. The quantitative estimate of drug-likeness (QED) is 0.461. The Morgan fingerprint density at radius 1 is 1.41 bits per heavy atom. The smallest absolute Gasteiger partial charge is 0.394 e. The van der Waals surface area contributed by atoms with Crippen molar-refractivity contribution in [2.24, 2.45) is 0 Å². The Hall–Kier alpha value is -0.900. The van der Waals surface area contributed by atoms with Crippen molar-refractivity contribution in [1.82, 2.24) is 5.32 Å². The second-order valence-electron chi connectivity index (χ2n) is 3.22. The molecule has 0 spiro atoms. The minimum Gasteiger partial charge on any atom is -0.394 e. The van der Waals surface area contributed by atoms with Gasteiger partial charge in [-0.1, -0.05) is 0 Å². The molecule has 102 valence electrons. The second-order valence-corrected chi connectivity index (χ2v) is 3.22. The van der Waals surface area contributed by atoms with Gasteiger partial charge in [-0.05, 0) is 0 Å². The van der Waals surface area contributed by atoms with Crippen molar-refractivity contribution in [1.29, 1.82) is 0 Å². The lowest BCUT2D eigenvalue weighted by Crippen LogP contribution is -2.48. The first kappa shape index (κ1) is 16.1. The van der Waals surface area contributed by atoms with Crippen LogP contribution in [0.15, 0.2) is 0 Å². The molecule has 0 aliphatic heterocycles. The third-order valence-electron chi connectivity index (χ3n) is 1.99. The topological polar surface area (TPSA) is 99.0 Å². The summed E-state index contributed by atoms with van der Waals surface area (Å²) in [5.41, 5.74) is 0. The molecule has 0 bridgehead atoms. The number of hydrogen-bond acceptors (Lipinski definition) is 5. The van der Waals surface area contributed by atoms with Crippen molar-refractivity contribution < 1.29 is 38.0 Å². The number of nitrogens with one attached hydrogen (secondary N) is 1. The summed E-state index contributed by atoms with van der Waals surface area (Å²) >= 11 is 0. The molecule has 0 saturated heterocycles. The number of halogens is 3. The van der Waals surface area contributed by atoms with E-state index >= 15 is 0 Å². The third kappa shape index (κ3) is 5.31. The molecule has 0 aliphatic rings. The van der Waals surface area contributed by atoms with E-state index in [1.807, 2.05) is 0 Å². The summed E-state index contributed by atoms with van der Waals surface area (Å²) in [6, 6.07) is 0. The summed E-state index contributed by atoms with van der Waals surface area (Å²) in [6.45, 7) is -1.43. The summed E-state index contributed by atoms with van der Waals surface area (Å²) in [5, 5.41) is 28.7. The zero-order chi connectivity index (χ0) is 13.6. The number of rotatable bonds is 6. The molecular weight excluding hydrogens is 247 g/mol. The molecule has 0 radical (unpaired) electrons. The highest BCUT2D eigenvalue weighted by molar-refractivity contribution is 5.81. The molecule has 4 N–H and O–H groups in total. The maximum absolute atomic E-state index is 11.8. The molecule has 0 aliphatic carbocycles. The van der Waals surface area contributed by atoms with E-state index in [-0.39, 0.29) is 0 Å². The second kappa shape index (κ2) is 6.74. The Morgan fingerprint density at radius 3 is 2.29 bits per heavy atom. The molecule has 3 atom stereocenters. The van der Waals surface area contributed by atoms with Crippen LogP contribution < -0.4 is 5.32 Å². The van der Waals surface area contributed by atoms with E-state index in [1.54, 1.807) is 0 Å². The third-order valence-corrected chi connectivity index (χ3v) is 1.99. The SMILES string of the molecule is COC(CO)[C@H](O)C(O)CNC(=O)C(F)(F)F. The number of aliphatic hydroxyl groups is 3. The first-order chi connectivity index (χ1) is 7.73. The normalized spacial score (nSPS) is 17.4. The van der Waals surface area contributed by atoms with Crippen molar-refractivity contribution in [3.63, 3.8) is 0 Å². The van der Waals surface area contributed by atoms with E-state index in [4.69, 9.17) is 5.11 Å². The fourth-order valence-electron chi connectivity index (χ4n) is 0.988. The minimum atomic E-state index is -5.05. The highest BCUT2D eigenvalue weighted by Crippen LogP contribution is 2.14. The predicted molar refractivity (Wildman–Crippen MR) is 49.0 cm³/mol. The van der Waals surface area contributed by atoms with Gasteiger partial charge < -0.3 is 25.4 Å². The fourth-order valence-corrected chi connectivity index (χ4v) is 0.988. The van der Waals surface area contributed by atoms with Crippen molar-refractivity contribution in [3.05, 3.63) is 0 Å². The van der Waals surface area contributed by atoms with Crippen LogP contribution in [-0.2, 0) is 9.53 Å². The average molecular weight is 261 g/mol. The first-order valence-corrected chi connectivity index (χ1v) is 4.58. The van der Waals surface area contributed by atoms with Crippen LogP contribution in [-0.4, -0.2) is 66.0 Å². The van der Waals surface area contributed by atoms with Gasteiger partial charge in [0.05, 0.1) is 12.7 Å². The Balaban J connectivity index is 4.18. The number of ether oxygens (including phenoxy) is 1. The zero-order valence-electron chi connectivity index (χ0n) is 8.94. The molecule has 6 nitrogen and oxygen atoms in total. The number of hydrogen-bond donors (Lipinski definition) is 4. The fraction of sp³-hybridized carbons (Fsp3) is 0.875. The molecule has 0 aromatic carbocycles. The molecule has 0 aromatic rings. The van der Waals surface area contributed by atoms with E-state index in [0.29, 0.717) is 0 Å². The van der Waals surface area contributed by atoms with E-state index in [2.05, 4.69) is 4.74 Å². The summed E-state index contributed by atoms with van der Waals surface area (Å²) in [6.07, 6.45) is -9.49. The number of carbonyl (C=O) groups is 1. The maximum Gasteiger partial charge on any atom is 0.471 e. The standard InChI is InChI=1S/C8H14F3NO5/c1-17-5(3-13)6(15)4(14)2-12-7(16)8(9,10)11/h4-6,13-15H,2-3H2,1H3,(H,12,16)/t4?,5?,6-/m1/s1. The zero-order valence-corrected chi connectivity index (χ0v) is 8.94. The molecule has 2 unspecified atom stereocenters. The molecule has 0 saturated carbocycles. The number of aliphatic hydroxyl groups excluding tert-OH is 3. The Kier molecular flexibility index (Phi) is 6.39. The largest absolute Gasteiger partial charge is 0.471 e. The summed E-state index contributed by atoms with van der Waals surface area (Å²) in [7, 11) is 1.14. The van der Waals surface area contributed by atoms with E-state index < -0.39 is 43.5 Å². The summed E-state index contributed by atoms with van der Waals surface area (Å²) in [4.78, 5) is 10.4. The number of alkyl halides is 3. The number of methoxy groups -OCH3 is 1. The van der Waals surface area contributed by atoms with Gasteiger partial charge in [0.15, 0.2) is 0 Å². The monoisotopic (exact) mass is 261 g/mol. The lowest BCUT2D eigenvalue weighted by molar-refractivity contribution is -0.174. The van der Waals surface area contributed by atoms with Crippen LogP contribution >= 0.6 is 0 Å². The van der Waals surface area contributed by atoms with E-state index in [0.717, 1.165) is 7.11 Å². The van der Waals surface area contributed by atoms with Crippen LogP contribution in [0.4, 0.5) is 13.2 Å². The van der Waals surface area contributed by atoms with Crippen molar-refractivity contribution >= 4 is 5.91 Å². The number of amides is 1. The Bertz CT molecular complexity index is 244. The molecule has 0 aromatic heterocycles. The predicted octanol–water partition coefficient (Wildman–Crippen LogP) is -1.61. The van der Waals surface area contributed by atoms with Gasteiger partial charge in [0.1, 0.15) is 12.2 Å². The Morgan fingerprint density at radius 2 is 1.94 bits per heavy atom. The van der Waals surface area contributed by atoms with Gasteiger partial charge in [-0.2, -0.15) is 13.2 Å². The molecule has 0 fully saturated rings. The average Bonchev–Trinajstić information content (AvgIpc) is 2.25. The molecule has 9 heteroatoms. The van der Waals surface area contributed by atoms with E-state index in [1.165, 1.54) is 5.32 Å². The van der Waals surface area contributed by atoms with Gasteiger partial charge in [-0.25, -0.2) is 0 Å². The van der Waals surface area contributed by atoms with E-state index in [9.17, 15) is 28.2 Å². The van der Waals surface area contributed by atoms with Crippen molar-refractivity contribution in [2.45, 2.75) is 24.5 Å². The van der Waals surface area contributed by atoms with Crippen LogP contribution in [0.2, 0.25) is 0 Å². The van der Waals surface area contributed by atoms with Crippen molar-refractivity contribution in [2.75, 3.05) is 20.3 Å². The van der Waals surface area contributed by atoms with Gasteiger partial charge >= 0.3 is 12.1 Å². The van der Waals surface area contributed by atoms with Crippen LogP contribution in [0.3, 0.4) is 0 Å². The highest BCUT2D eigenvalue weighted by Gasteiger charge is 2.39. The van der Waals surface area contributed by atoms with Crippen LogP contribution in [0.25, 0.3) is 0 Å². The first-order valence-electron chi connectivity index (χ1n) is 4.58. The number of carbonyl (C=O) groups excluding carboxylic acids is 1. The molecule has 0 heterocycles. The Labute approximate surface area is 95.0 Å². The molecular formula is C8H14F3NO5. The van der Waals surface area contributed by atoms with Gasteiger partial charge in [0.25, 0.3) is 0 Å². The van der Waals surface area contributed by atoms with Crippen LogP contribution in [0, 0.1) is 0 Å². The van der Waals surface area contributed by atoms with Gasteiger partial charge in [-0.3, -0.25) is 4.79 Å². The highest BCUT2D eigenvalue weighted by atomic mass is 19.4. The lowest BCUT2D eigenvalue weighted by Gasteiger charge is -2.24. The summed E-state index contributed by atoms with van der Waals surface area (Å²) in [5.74, 6) is -2.22.